The molecule has 3 aromatic heterocycles. The van der Waals surface area contributed by atoms with Gasteiger partial charge in [0.15, 0.2) is 17.5 Å². The number of fused-ring (bicyclic) bond motifs is 6. The zero-order chi connectivity index (χ0) is 37.4. The van der Waals surface area contributed by atoms with Gasteiger partial charge in [-0.05, 0) is 59.7 Å². The van der Waals surface area contributed by atoms with Crippen LogP contribution >= 0.6 is 11.3 Å². The minimum Gasteiger partial charge on any atom is -0.309 e. The molecule has 4 nitrogen and oxygen atoms in total. The van der Waals surface area contributed by atoms with E-state index in [1.807, 2.05) is 78.9 Å². The molecule has 234 valence electrons. The fourth-order valence-corrected chi connectivity index (χ4v) is 7.90. The van der Waals surface area contributed by atoms with E-state index in [0.29, 0.717) is 22.8 Å². The van der Waals surface area contributed by atoms with E-state index in [2.05, 4.69) is 65.2 Å². The normalized spacial score (nSPS) is 13.0. The predicted molar refractivity (Wildman–Crippen MR) is 209 cm³/mol. The SMILES string of the molecule is [2H]c1c([2H])c([2H])c(-c2nc(-c3ccc(-c4ccccc4)cc3)nc(-c3ccc(-n4c5ccccc5c5cc6c(cc54)sc4ccccc46)cc3)n2)c([2H])c1[2H]. The van der Waals surface area contributed by atoms with Crippen LogP contribution in [0.15, 0.2) is 170 Å². The Morgan fingerprint density at radius 3 is 1.74 bits per heavy atom. The second-order valence-electron chi connectivity index (χ2n) is 12.1. The van der Waals surface area contributed by atoms with E-state index in [4.69, 9.17) is 21.8 Å². The number of rotatable bonds is 5. The fourth-order valence-electron chi connectivity index (χ4n) is 6.78. The van der Waals surface area contributed by atoms with Crippen molar-refractivity contribution in [3.63, 3.8) is 0 Å². The fraction of sp³-hybridized carbons (Fsp3) is 0. The Morgan fingerprint density at radius 2 is 1.00 bits per heavy atom. The van der Waals surface area contributed by atoms with Gasteiger partial charge in [0.2, 0.25) is 0 Å². The lowest BCUT2D eigenvalue weighted by molar-refractivity contribution is 1.07. The molecule has 0 aliphatic carbocycles. The summed E-state index contributed by atoms with van der Waals surface area (Å²) >= 11 is 1.80. The molecule has 0 amide bonds. The maximum atomic E-state index is 8.69. The molecule has 3 heterocycles. The smallest absolute Gasteiger partial charge is 0.164 e. The van der Waals surface area contributed by atoms with Crippen molar-refractivity contribution in [1.29, 1.82) is 0 Å². The molecule has 0 bridgehead atoms. The Bertz CT molecular complexity index is 3110. The molecular formula is C45H28N4S. The third kappa shape index (κ3) is 4.79. The summed E-state index contributed by atoms with van der Waals surface area (Å²) in [6, 6.07) is 45.3. The van der Waals surface area contributed by atoms with Gasteiger partial charge in [-0.1, -0.05) is 121 Å². The van der Waals surface area contributed by atoms with Crippen LogP contribution in [0.1, 0.15) is 6.85 Å². The van der Waals surface area contributed by atoms with E-state index in [1.54, 1.807) is 11.3 Å². The third-order valence-corrected chi connectivity index (χ3v) is 10.3. The van der Waals surface area contributed by atoms with Crippen LogP contribution in [0.4, 0.5) is 0 Å². The first-order chi connectivity index (χ1) is 26.8. The van der Waals surface area contributed by atoms with Crippen LogP contribution < -0.4 is 0 Å². The molecule has 0 saturated heterocycles. The Labute approximate surface area is 299 Å². The minimum absolute atomic E-state index is 0.00274. The average Bonchev–Trinajstić information content (AvgIpc) is 3.76. The average molecular weight is 662 g/mol. The quantitative estimate of drug-likeness (QED) is 0.184. The molecule has 5 heteroatoms. The molecule has 10 rings (SSSR count). The standard InChI is InChI=1S/C45H28N4S/c1-3-11-29(12-4-1)30-19-21-32(22-20-30)44-46-43(31-13-5-2-6-14-31)47-45(48-44)33-23-25-34(26-24-33)49-39-17-9-7-15-35(39)37-27-38-36-16-8-10-18-41(36)50-42(38)28-40(37)49/h1-28H/i2D,5D,6D,13D,14D. The Kier molecular flexibility index (Phi) is 5.54. The van der Waals surface area contributed by atoms with Gasteiger partial charge in [0, 0.05) is 53.3 Å². The predicted octanol–water partition coefficient (Wildman–Crippen LogP) is 12.0. The highest BCUT2D eigenvalue weighted by Crippen LogP contribution is 2.40. The second kappa shape index (κ2) is 11.6. The first-order valence-corrected chi connectivity index (χ1v) is 17.1. The monoisotopic (exact) mass is 661 g/mol. The van der Waals surface area contributed by atoms with Crippen LogP contribution in [0.5, 0.6) is 0 Å². The van der Waals surface area contributed by atoms with Gasteiger partial charge in [0.05, 0.1) is 17.9 Å². The van der Waals surface area contributed by atoms with Crippen molar-refractivity contribution in [3.8, 4) is 51.0 Å². The number of hydrogen-bond donors (Lipinski definition) is 0. The Balaban J connectivity index is 1.12. The molecule has 0 aliphatic rings. The van der Waals surface area contributed by atoms with E-state index in [1.165, 1.54) is 30.9 Å². The van der Waals surface area contributed by atoms with Crippen molar-refractivity contribution >= 4 is 53.3 Å². The lowest BCUT2D eigenvalue weighted by Gasteiger charge is -2.11. The molecule has 10 aromatic rings. The topological polar surface area (TPSA) is 43.6 Å². The molecule has 0 fully saturated rings. The molecular weight excluding hydrogens is 629 g/mol. The molecule has 0 unspecified atom stereocenters. The summed E-state index contributed by atoms with van der Waals surface area (Å²) in [6.07, 6.45) is 0. The maximum Gasteiger partial charge on any atom is 0.164 e. The van der Waals surface area contributed by atoms with Gasteiger partial charge in [-0.3, -0.25) is 0 Å². The van der Waals surface area contributed by atoms with E-state index >= 15 is 0 Å². The van der Waals surface area contributed by atoms with Gasteiger partial charge < -0.3 is 4.57 Å². The van der Waals surface area contributed by atoms with Gasteiger partial charge >= 0.3 is 0 Å². The number of hydrogen-bond acceptors (Lipinski definition) is 4. The maximum absolute atomic E-state index is 8.69. The molecule has 0 spiro atoms. The number of benzene rings is 7. The van der Waals surface area contributed by atoms with Gasteiger partial charge in [-0.25, -0.2) is 15.0 Å². The molecule has 0 aliphatic heterocycles. The van der Waals surface area contributed by atoms with Gasteiger partial charge in [0.25, 0.3) is 0 Å². The zero-order valence-corrected chi connectivity index (χ0v) is 27.3. The van der Waals surface area contributed by atoms with Crippen LogP contribution in [0.25, 0.3) is 93.0 Å². The van der Waals surface area contributed by atoms with Crippen molar-refractivity contribution in [3.05, 3.63) is 170 Å². The van der Waals surface area contributed by atoms with Crippen molar-refractivity contribution in [2.45, 2.75) is 0 Å². The first kappa shape index (κ1) is 23.8. The lowest BCUT2D eigenvalue weighted by atomic mass is 10.0. The van der Waals surface area contributed by atoms with Crippen LogP contribution in [0, 0.1) is 0 Å². The summed E-state index contributed by atoms with van der Waals surface area (Å²) in [6.45, 7) is 0. The molecule has 50 heavy (non-hydrogen) atoms. The first-order valence-electron chi connectivity index (χ1n) is 18.8. The van der Waals surface area contributed by atoms with E-state index in [-0.39, 0.29) is 23.5 Å². The highest BCUT2D eigenvalue weighted by molar-refractivity contribution is 7.25. The van der Waals surface area contributed by atoms with Crippen LogP contribution in [0.2, 0.25) is 0 Å². The van der Waals surface area contributed by atoms with E-state index in [0.717, 1.165) is 27.8 Å². The van der Waals surface area contributed by atoms with Crippen molar-refractivity contribution in [2.75, 3.05) is 0 Å². The highest BCUT2D eigenvalue weighted by atomic mass is 32.1. The molecule has 7 aromatic carbocycles. The minimum atomic E-state index is -0.474. The highest BCUT2D eigenvalue weighted by Gasteiger charge is 2.17. The lowest BCUT2D eigenvalue weighted by Crippen LogP contribution is -2.00. The summed E-state index contributed by atoms with van der Waals surface area (Å²) in [5.74, 6) is 0.646. The number of nitrogens with zero attached hydrogens (tertiary/aromatic N) is 4. The van der Waals surface area contributed by atoms with Crippen molar-refractivity contribution in [2.24, 2.45) is 0 Å². The Morgan fingerprint density at radius 1 is 0.420 bits per heavy atom. The van der Waals surface area contributed by atoms with Gasteiger partial charge in [-0.15, -0.1) is 11.3 Å². The number of aromatic nitrogens is 4. The zero-order valence-electron chi connectivity index (χ0n) is 31.5. The summed E-state index contributed by atoms with van der Waals surface area (Å²) in [4.78, 5) is 14.3. The van der Waals surface area contributed by atoms with Gasteiger partial charge in [-0.2, -0.15) is 0 Å². The molecule has 0 N–H and O–H groups in total. The van der Waals surface area contributed by atoms with Crippen molar-refractivity contribution < 1.29 is 6.85 Å². The molecule has 0 atom stereocenters. The summed E-state index contributed by atoms with van der Waals surface area (Å²) in [7, 11) is 0. The van der Waals surface area contributed by atoms with Crippen LogP contribution in [0.3, 0.4) is 0 Å². The largest absolute Gasteiger partial charge is 0.309 e. The van der Waals surface area contributed by atoms with E-state index < -0.39 is 18.1 Å². The second-order valence-corrected chi connectivity index (χ2v) is 13.2. The van der Waals surface area contributed by atoms with E-state index in [9.17, 15) is 0 Å². The number of para-hydroxylation sites is 1. The summed E-state index contributed by atoms with van der Waals surface area (Å²) in [5, 5.41) is 4.86. The van der Waals surface area contributed by atoms with Gasteiger partial charge in [0.1, 0.15) is 0 Å². The Hall–Kier alpha value is -6.43. The molecule has 0 saturated carbocycles. The summed E-state index contributed by atoms with van der Waals surface area (Å²) in [5.41, 5.74) is 6.58. The van der Waals surface area contributed by atoms with Crippen LogP contribution in [-0.4, -0.2) is 19.5 Å². The van der Waals surface area contributed by atoms with Crippen LogP contribution in [-0.2, 0) is 0 Å². The van der Waals surface area contributed by atoms with Crippen molar-refractivity contribution in [1.82, 2.24) is 19.5 Å². The summed E-state index contributed by atoms with van der Waals surface area (Å²) < 4.78 is 46.9. The third-order valence-electron chi connectivity index (χ3n) is 9.16. The number of thiophene rings is 1. The molecule has 0 radical (unpaired) electrons.